The first kappa shape index (κ1) is 36.0. The first-order valence-corrected chi connectivity index (χ1v) is 18.5. The molecule has 7 nitrogen and oxygen atoms in total. The van der Waals surface area contributed by atoms with Gasteiger partial charge in [0.1, 0.15) is 6.04 Å². The van der Waals surface area contributed by atoms with Gasteiger partial charge >= 0.3 is 5.97 Å². The van der Waals surface area contributed by atoms with Gasteiger partial charge in [0, 0.05) is 17.6 Å². The maximum Gasteiger partial charge on any atom is 0.323 e. The number of sulfonamides is 1. The predicted molar refractivity (Wildman–Crippen MR) is 181 cm³/mol. The summed E-state index contributed by atoms with van der Waals surface area (Å²) < 4.78 is 28.7. The second-order valence-corrected chi connectivity index (χ2v) is 14.5. The van der Waals surface area contributed by atoms with Crippen LogP contribution in [0.5, 0.6) is 0 Å². The van der Waals surface area contributed by atoms with E-state index in [1.807, 2.05) is 24.3 Å². The number of hydrogen-bond acceptors (Lipinski definition) is 4. The zero-order valence-corrected chi connectivity index (χ0v) is 28.5. The first-order valence-electron chi connectivity index (χ1n) is 16.3. The predicted octanol–water partition coefficient (Wildman–Crippen LogP) is 8.44. The molecule has 1 amide bonds. The summed E-state index contributed by atoms with van der Waals surface area (Å²) in [5.74, 6) is -1.61. The summed E-state index contributed by atoms with van der Waals surface area (Å²) >= 11 is 3.40. The fraction of sp³-hybridized carbons (Fsp3) is 0.543. The second-order valence-electron chi connectivity index (χ2n) is 11.7. The molecule has 1 saturated heterocycles. The molecule has 0 aromatic heterocycles. The maximum absolute atomic E-state index is 13.4. The van der Waals surface area contributed by atoms with E-state index in [0.717, 1.165) is 52.0 Å². The minimum absolute atomic E-state index is 0.0286. The molecule has 242 valence electrons. The molecule has 0 spiro atoms. The number of amides is 1. The molecule has 0 saturated carbocycles. The van der Waals surface area contributed by atoms with Gasteiger partial charge < -0.3 is 10.0 Å². The number of piperazine rings is 1. The SMILES string of the molecule is CCCCCCCC/C=C/CCCCCCCCN1CC(C(=O)O)N(S(=O)(=O)c2ccc(-c3ccc(Br)cc3)cc2)CC1=O. The van der Waals surface area contributed by atoms with Crippen molar-refractivity contribution in [2.75, 3.05) is 19.6 Å². The molecule has 0 radical (unpaired) electrons. The molecule has 1 aliphatic heterocycles. The Kier molecular flexibility index (Phi) is 15.6. The fourth-order valence-electron chi connectivity index (χ4n) is 5.56. The molecular formula is C35H49BrN2O5S. The van der Waals surface area contributed by atoms with Crippen LogP contribution in [0.15, 0.2) is 70.1 Å². The average molecular weight is 690 g/mol. The molecule has 3 rings (SSSR count). The quantitative estimate of drug-likeness (QED) is 0.111. The number of carboxylic acids is 1. The van der Waals surface area contributed by atoms with Crippen LogP contribution in [0.2, 0.25) is 0 Å². The number of carboxylic acid groups (broad SMARTS) is 1. The Morgan fingerprint density at radius 2 is 1.32 bits per heavy atom. The molecule has 2 aromatic carbocycles. The molecule has 1 unspecified atom stereocenters. The minimum atomic E-state index is -4.18. The van der Waals surface area contributed by atoms with Crippen LogP contribution in [-0.2, 0) is 19.6 Å². The van der Waals surface area contributed by atoms with Gasteiger partial charge in [0.15, 0.2) is 0 Å². The topological polar surface area (TPSA) is 95.0 Å². The van der Waals surface area contributed by atoms with Crippen molar-refractivity contribution in [3.05, 3.63) is 65.2 Å². The highest BCUT2D eigenvalue weighted by atomic mass is 79.9. The third-order valence-electron chi connectivity index (χ3n) is 8.25. The Bertz CT molecular complexity index is 1300. The number of rotatable bonds is 20. The smallest absolute Gasteiger partial charge is 0.323 e. The lowest BCUT2D eigenvalue weighted by Crippen LogP contribution is -2.60. The normalized spacial score (nSPS) is 16.2. The van der Waals surface area contributed by atoms with Crippen molar-refractivity contribution >= 4 is 37.8 Å². The third kappa shape index (κ3) is 11.5. The number of unbranched alkanes of at least 4 members (excludes halogenated alkanes) is 12. The standard InChI is InChI=1S/C35H49BrN2O5S/c1-2-3-4-5-6-7-8-9-10-11-12-13-14-15-16-17-26-37-27-33(35(40)41)38(28-34(37)39)44(42,43)32-24-20-30(21-25-32)29-18-22-31(36)23-19-29/h9-10,18-25,33H,2-8,11-17,26-28H2,1H3,(H,40,41)/b10-9+. The summed E-state index contributed by atoms with van der Waals surface area (Å²) in [4.78, 5) is 26.5. The van der Waals surface area contributed by atoms with E-state index in [-0.39, 0.29) is 17.3 Å². The van der Waals surface area contributed by atoms with E-state index in [2.05, 4.69) is 35.0 Å². The highest BCUT2D eigenvalue weighted by Gasteiger charge is 2.43. The number of carbonyl (C=O) groups is 2. The van der Waals surface area contributed by atoms with E-state index in [4.69, 9.17) is 0 Å². The van der Waals surface area contributed by atoms with E-state index >= 15 is 0 Å². The van der Waals surface area contributed by atoms with Gasteiger partial charge in [-0.2, -0.15) is 4.31 Å². The van der Waals surface area contributed by atoms with Gasteiger partial charge in [0.25, 0.3) is 0 Å². The Labute approximate surface area is 272 Å². The van der Waals surface area contributed by atoms with Gasteiger partial charge in [-0.05, 0) is 67.5 Å². The van der Waals surface area contributed by atoms with Crippen LogP contribution < -0.4 is 0 Å². The van der Waals surface area contributed by atoms with Crippen molar-refractivity contribution in [3.63, 3.8) is 0 Å². The van der Waals surface area contributed by atoms with Crippen LogP contribution in [0.3, 0.4) is 0 Å². The number of aliphatic carboxylic acids is 1. The van der Waals surface area contributed by atoms with Gasteiger partial charge in [0.05, 0.1) is 11.4 Å². The van der Waals surface area contributed by atoms with Crippen LogP contribution >= 0.6 is 15.9 Å². The number of nitrogens with zero attached hydrogens (tertiary/aromatic N) is 2. The zero-order valence-electron chi connectivity index (χ0n) is 26.1. The zero-order chi connectivity index (χ0) is 31.8. The summed E-state index contributed by atoms with van der Waals surface area (Å²) in [7, 11) is -4.18. The Hall–Kier alpha value is -2.49. The van der Waals surface area contributed by atoms with Gasteiger partial charge in [-0.3, -0.25) is 9.59 Å². The highest BCUT2D eigenvalue weighted by molar-refractivity contribution is 9.10. The van der Waals surface area contributed by atoms with E-state index in [1.165, 1.54) is 74.8 Å². The molecular weight excluding hydrogens is 640 g/mol. The van der Waals surface area contributed by atoms with Crippen molar-refractivity contribution in [1.29, 1.82) is 0 Å². The summed E-state index contributed by atoms with van der Waals surface area (Å²) in [6, 6.07) is 12.6. The number of carbonyl (C=O) groups excluding carboxylic acids is 1. The number of benzene rings is 2. The lowest BCUT2D eigenvalue weighted by atomic mass is 10.1. The third-order valence-corrected chi connectivity index (χ3v) is 10.6. The number of halogens is 1. The summed E-state index contributed by atoms with van der Waals surface area (Å²) in [6.07, 6.45) is 21.3. The largest absolute Gasteiger partial charge is 0.480 e. The van der Waals surface area contributed by atoms with E-state index in [0.29, 0.717) is 6.54 Å². The van der Waals surface area contributed by atoms with Crippen molar-refractivity contribution < 1.29 is 23.1 Å². The summed E-state index contributed by atoms with van der Waals surface area (Å²) in [5, 5.41) is 9.90. The molecule has 2 aromatic rings. The Balaban J connectivity index is 1.38. The molecule has 44 heavy (non-hydrogen) atoms. The van der Waals surface area contributed by atoms with Crippen molar-refractivity contribution in [3.8, 4) is 11.1 Å². The van der Waals surface area contributed by atoms with E-state index < -0.39 is 28.6 Å². The molecule has 1 heterocycles. The molecule has 0 aliphatic carbocycles. The van der Waals surface area contributed by atoms with E-state index in [9.17, 15) is 23.1 Å². The van der Waals surface area contributed by atoms with Crippen molar-refractivity contribution in [1.82, 2.24) is 9.21 Å². The second kappa shape index (κ2) is 19.1. The number of hydrogen-bond donors (Lipinski definition) is 1. The van der Waals surface area contributed by atoms with Crippen molar-refractivity contribution in [2.24, 2.45) is 0 Å². The lowest BCUT2D eigenvalue weighted by molar-refractivity contribution is -0.148. The number of allylic oxidation sites excluding steroid dienone is 2. The highest BCUT2D eigenvalue weighted by Crippen LogP contribution is 2.27. The minimum Gasteiger partial charge on any atom is -0.480 e. The average Bonchev–Trinajstić information content (AvgIpc) is 3.01. The molecule has 9 heteroatoms. The summed E-state index contributed by atoms with van der Waals surface area (Å²) in [6.45, 7) is 2.08. The molecule has 1 N–H and O–H groups in total. The van der Waals surface area contributed by atoms with Gasteiger partial charge in [-0.25, -0.2) is 8.42 Å². The van der Waals surface area contributed by atoms with Gasteiger partial charge in [0.2, 0.25) is 15.9 Å². The molecule has 1 atom stereocenters. The lowest BCUT2D eigenvalue weighted by Gasteiger charge is -2.38. The molecule has 1 fully saturated rings. The maximum atomic E-state index is 13.4. The summed E-state index contributed by atoms with van der Waals surface area (Å²) in [5.41, 5.74) is 1.76. The monoisotopic (exact) mass is 688 g/mol. The Morgan fingerprint density at radius 3 is 1.86 bits per heavy atom. The van der Waals surface area contributed by atoms with Gasteiger partial charge in [-0.15, -0.1) is 0 Å². The van der Waals surface area contributed by atoms with Crippen LogP contribution in [-0.4, -0.2) is 60.3 Å². The Morgan fingerprint density at radius 1 is 0.818 bits per heavy atom. The fourth-order valence-corrected chi connectivity index (χ4v) is 7.35. The van der Waals surface area contributed by atoms with Crippen LogP contribution in [0.4, 0.5) is 0 Å². The van der Waals surface area contributed by atoms with E-state index in [1.54, 1.807) is 12.1 Å². The molecule has 1 aliphatic rings. The van der Waals surface area contributed by atoms with Crippen LogP contribution in [0.25, 0.3) is 11.1 Å². The van der Waals surface area contributed by atoms with Gasteiger partial charge in [-0.1, -0.05) is 117 Å². The van der Waals surface area contributed by atoms with Crippen LogP contribution in [0, 0.1) is 0 Å². The van der Waals surface area contributed by atoms with Crippen molar-refractivity contribution in [2.45, 2.75) is 108 Å². The first-order chi connectivity index (χ1) is 21.2. The van der Waals surface area contributed by atoms with Crippen LogP contribution in [0.1, 0.15) is 96.8 Å². The molecule has 0 bridgehead atoms.